The minimum absolute atomic E-state index is 0.0504. The van der Waals surface area contributed by atoms with E-state index < -0.39 is 0 Å². The second-order valence-electron chi connectivity index (χ2n) is 3.43. The molecule has 0 aliphatic heterocycles. The van der Waals surface area contributed by atoms with Crippen molar-refractivity contribution in [2.75, 3.05) is 7.11 Å². The maximum atomic E-state index is 13.5. The molecule has 0 saturated carbocycles. The van der Waals surface area contributed by atoms with E-state index >= 15 is 0 Å². The first kappa shape index (κ1) is 11.2. The highest BCUT2D eigenvalue weighted by Crippen LogP contribution is 2.27. The summed E-state index contributed by atoms with van der Waals surface area (Å²) in [5.41, 5.74) is 1.20. The lowest BCUT2D eigenvalue weighted by molar-refractivity contribution is 0.119. The zero-order valence-corrected chi connectivity index (χ0v) is 9.92. The molecule has 4 heteroatoms. The predicted molar refractivity (Wildman–Crippen MR) is 62.9 cm³/mol. The van der Waals surface area contributed by atoms with Crippen LogP contribution in [0.4, 0.5) is 4.39 Å². The molecule has 0 aliphatic carbocycles. The van der Waals surface area contributed by atoms with Crippen LogP contribution in [0.1, 0.15) is 18.0 Å². The largest absolute Gasteiger partial charge is 0.375 e. The molecule has 0 amide bonds. The van der Waals surface area contributed by atoms with Crippen molar-refractivity contribution >= 4 is 11.3 Å². The monoisotopic (exact) mass is 237 g/mol. The van der Waals surface area contributed by atoms with Crippen molar-refractivity contribution in [1.29, 1.82) is 0 Å². The molecule has 1 heterocycles. The molecule has 0 N–H and O–H groups in total. The molecule has 2 aromatic rings. The van der Waals surface area contributed by atoms with E-state index in [1.165, 1.54) is 17.4 Å². The molecule has 16 heavy (non-hydrogen) atoms. The lowest BCUT2D eigenvalue weighted by Gasteiger charge is -2.03. The van der Waals surface area contributed by atoms with E-state index in [0.29, 0.717) is 11.3 Å². The van der Waals surface area contributed by atoms with Crippen LogP contribution in [-0.4, -0.2) is 12.1 Å². The summed E-state index contributed by atoms with van der Waals surface area (Å²) < 4.78 is 18.7. The Morgan fingerprint density at radius 3 is 2.81 bits per heavy atom. The van der Waals surface area contributed by atoms with Crippen molar-refractivity contribution < 1.29 is 9.13 Å². The van der Waals surface area contributed by atoms with E-state index in [9.17, 15) is 4.39 Å². The number of thiazole rings is 1. The molecule has 1 aromatic heterocycles. The van der Waals surface area contributed by atoms with Crippen molar-refractivity contribution in [2.45, 2.75) is 13.0 Å². The lowest BCUT2D eigenvalue weighted by Crippen LogP contribution is -1.94. The molecule has 2 rings (SSSR count). The van der Waals surface area contributed by atoms with Gasteiger partial charge in [0.2, 0.25) is 0 Å². The first-order valence-corrected chi connectivity index (χ1v) is 5.83. The highest BCUT2D eigenvalue weighted by atomic mass is 32.1. The zero-order valence-electron chi connectivity index (χ0n) is 9.11. The second kappa shape index (κ2) is 4.72. The van der Waals surface area contributed by atoms with Gasteiger partial charge < -0.3 is 4.74 Å². The Morgan fingerprint density at radius 2 is 2.12 bits per heavy atom. The number of benzene rings is 1. The van der Waals surface area contributed by atoms with Gasteiger partial charge in [-0.3, -0.25) is 0 Å². The Morgan fingerprint density at radius 1 is 1.38 bits per heavy atom. The number of aromatic nitrogens is 1. The van der Waals surface area contributed by atoms with E-state index in [-0.39, 0.29) is 11.9 Å². The SMILES string of the molecule is CO[C@@H](C)c1nc(-c2ccccc2F)cs1. The minimum Gasteiger partial charge on any atom is -0.375 e. The van der Waals surface area contributed by atoms with Crippen LogP contribution in [0.5, 0.6) is 0 Å². The molecule has 2 nitrogen and oxygen atoms in total. The number of hydrogen-bond donors (Lipinski definition) is 0. The van der Waals surface area contributed by atoms with Crippen LogP contribution in [-0.2, 0) is 4.74 Å². The maximum absolute atomic E-state index is 13.5. The van der Waals surface area contributed by atoms with Crippen molar-refractivity contribution in [3.05, 3.63) is 40.5 Å². The first-order chi connectivity index (χ1) is 7.72. The molecule has 0 bridgehead atoms. The van der Waals surface area contributed by atoms with Gasteiger partial charge in [-0.15, -0.1) is 11.3 Å². The van der Waals surface area contributed by atoms with E-state index in [1.54, 1.807) is 25.3 Å². The fraction of sp³-hybridized carbons (Fsp3) is 0.250. The van der Waals surface area contributed by atoms with Gasteiger partial charge in [0, 0.05) is 18.1 Å². The zero-order chi connectivity index (χ0) is 11.5. The number of nitrogens with zero attached hydrogens (tertiary/aromatic N) is 1. The Hall–Kier alpha value is -1.26. The summed E-state index contributed by atoms with van der Waals surface area (Å²) in [7, 11) is 1.63. The van der Waals surface area contributed by atoms with Crippen LogP contribution < -0.4 is 0 Å². The Balaban J connectivity index is 2.35. The van der Waals surface area contributed by atoms with Crippen LogP contribution in [0.3, 0.4) is 0 Å². The third-order valence-electron chi connectivity index (χ3n) is 2.37. The molecule has 0 spiro atoms. The summed E-state index contributed by atoms with van der Waals surface area (Å²) in [6.45, 7) is 1.92. The maximum Gasteiger partial charge on any atom is 0.132 e. The fourth-order valence-electron chi connectivity index (χ4n) is 1.37. The highest BCUT2D eigenvalue weighted by Gasteiger charge is 2.12. The molecule has 84 valence electrons. The standard InChI is InChI=1S/C12H12FNOS/c1-8(15-2)12-14-11(7-16-12)9-5-3-4-6-10(9)13/h3-8H,1-2H3/t8-/m0/s1. The molecule has 0 fully saturated rings. The average Bonchev–Trinajstić information content (AvgIpc) is 2.78. The van der Waals surface area contributed by atoms with Crippen molar-refractivity contribution in [1.82, 2.24) is 4.98 Å². The Kier molecular flexibility index (Phi) is 3.31. The number of halogens is 1. The van der Waals surface area contributed by atoms with E-state index in [4.69, 9.17) is 4.74 Å². The van der Waals surface area contributed by atoms with Gasteiger partial charge in [-0.1, -0.05) is 12.1 Å². The van der Waals surface area contributed by atoms with Crippen LogP contribution in [0.15, 0.2) is 29.6 Å². The summed E-state index contributed by atoms with van der Waals surface area (Å²) in [5.74, 6) is -0.246. The van der Waals surface area contributed by atoms with Crippen molar-refractivity contribution in [2.24, 2.45) is 0 Å². The number of methoxy groups -OCH3 is 1. The molecule has 1 aromatic carbocycles. The number of hydrogen-bond acceptors (Lipinski definition) is 3. The minimum atomic E-state index is -0.246. The van der Waals surface area contributed by atoms with Gasteiger partial charge >= 0.3 is 0 Å². The third-order valence-corrected chi connectivity index (χ3v) is 3.38. The van der Waals surface area contributed by atoms with E-state index in [1.807, 2.05) is 12.3 Å². The molecule has 0 aliphatic rings. The quantitative estimate of drug-likeness (QED) is 0.812. The normalized spacial score (nSPS) is 12.7. The molecular formula is C12H12FNOS. The Bertz CT molecular complexity index is 483. The van der Waals surface area contributed by atoms with Crippen LogP contribution in [0.25, 0.3) is 11.3 Å². The predicted octanol–water partition coefficient (Wildman–Crippen LogP) is 3.66. The summed E-state index contributed by atoms with van der Waals surface area (Å²) in [6.07, 6.45) is -0.0504. The molecule has 0 radical (unpaired) electrons. The second-order valence-corrected chi connectivity index (χ2v) is 4.32. The number of ether oxygens (including phenoxy) is 1. The molecule has 0 unspecified atom stereocenters. The molecular weight excluding hydrogens is 225 g/mol. The average molecular weight is 237 g/mol. The van der Waals surface area contributed by atoms with E-state index in [0.717, 1.165) is 5.01 Å². The van der Waals surface area contributed by atoms with Crippen molar-refractivity contribution in [3.63, 3.8) is 0 Å². The third kappa shape index (κ3) is 2.13. The highest BCUT2D eigenvalue weighted by molar-refractivity contribution is 7.10. The van der Waals surface area contributed by atoms with Crippen LogP contribution in [0, 0.1) is 5.82 Å². The van der Waals surface area contributed by atoms with Crippen LogP contribution >= 0.6 is 11.3 Å². The summed E-state index contributed by atoms with van der Waals surface area (Å²) in [4.78, 5) is 4.37. The van der Waals surface area contributed by atoms with Crippen LogP contribution in [0.2, 0.25) is 0 Å². The Labute approximate surface area is 97.7 Å². The van der Waals surface area contributed by atoms with Crippen molar-refractivity contribution in [3.8, 4) is 11.3 Å². The van der Waals surface area contributed by atoms with Gasteiger partial charge in [0.05, 0.1) is 5.69 Å². The fourth-order valence-corrected chi connectivity index (χ4v) is 2.22. The smallest absolute Gasteiger partial charge is 0.132 e. The molecule has 1 atom stereocenters. The first-order valence-electron chi connectivity index (χ1n) is 4.95. The molecule has 0 saturated heterocycles. The summed E-state index contributed by atoms with van der Waals surface area (Å²) in [5, 5.41) is 2.71. The topological polar surface area (TPSA) is 22.1 Å². The lowest BCUT2D eigenvalue weighted by atomic mass is 10.1. The van der Waals surface area contributed by atoms with Gasteiger partial charge in [-0.25, -0.2) is 9.37 Å². The van der Waals surface area contributed by atoms with Gasteiger partial charge in [0.25, 0.3) is 0 Å². The summed E-state index contributed by atoms with van der Waals surface area (Å²) in [6, 6.07) is 6.64. The van der Waals surface area contributed by atoms with Gasteiger partial charge in [-0.2, -0.15) is 0 Å². The van der Waals surface area contributed by atoms with Gasteiger partial charge in [0.1, 0.15) is 16.9 Å². The number of rotatable bonds is 3. The summed E-state index contributed by atoms with van der Waals surface area (Å²) >= 11 is 1.48. The van der Waals surface area contributed by atoms with Gasteiger partial charge in [-0.05, 0) is 19.1 Å². The van der Waals surface area contributed by atoms with Gasteiger partial charge in [0.15, 0.2) is 0 Å². The van der Waals surface area contributed by atoms with E-state index in [2.05, 4.69) is 4.98 Å².